The molecule has 3 heteroatoms. The van der Waals surface area contributed by atoms with Gasteiger partial charge in [0.1, 0.15) is 0 Å². The number of H-pyrrole nitrogens is 1. The van der Waals surface area contributed by atoms with Gasteiger partial charge in [0.25, 0.3) is 0 Å². The summed E-state index contributed by atoms with van der Waals surface area (Å²) in [4.78, 5) is 8.50. The molecular weight excluding hydrogens is 330 g/mol. The van der Waals surface area contributed by atoms with E-state index < -0.39 is 0 Å². The van der Waals surface area contributed by atoms with Crippen molar-refractivity contribution in [2.24, 2.45) is 5.73 Å². The SMILES string of the molecule is CCc1cccc2c(CCCCN)c(-c3cccc4nc(C)ccc34)[nH]c12. The molecule has 0 unspecified atom stereocenters. The first kappa shape index (κ1) is 17.7. The highest BCUT2D eigenvalue weighted by molar-refractivity contribution is 6.00. The van der Waals surface area contributed by atoms with E-state index in [9.17, 15) is 0 Å². The quantitative estimate of drug-likeness (QED) is 0.445. The first-order valence-corrected chi connectivity index (χ1v) is 9.92. The van der Waals surface area contributed by atoms with Gasteiger partial charge >= 0.3 is 0 Å². The van der Waals surface area contributed by atoms with E-state index in [0.717, 1.165) is 43.4 Å². The fourth-order valence-electron chi connectivity index (χ4n) is 4.04. The number of benzene rings is 2. The zero-order valence-corrected chi connectivity index (χ0v) is 16.2. The first-order chi connectivity index (χ1) is 13.2. The van der Waals surface area contributed by atoms with E-state index in [2.05, 4.69) is 60.4 Å². The van der Waals surface area contributed by atoms with Crippen LogP contribution in [0.2, 0.25) is 0 Å². The summed E-state index contributed by atoms with van der Waals surface area (Å²) in [6.07, 6.45) is 4.22. The van der Waals surface area contributed by atoms with Crippen LogP contribution in [0.3, 0.4) is 0 Å². The summed E-state index contributed by atoms with van der Waals surface area (Å²) in [5.41, 5.74) is 14.4. The molecule has 27 heavy (non-hydrogen) atoms. The molecule has 0 spiro atoms. The Morgan fingerprint density at radius 1 is 0.963 bits per heavy atom. The highest BCUT2D eigenvalue weighted by Gasteiger charge is 2.16. The van der Waals surface area contributed by atoms with Gasteiger partial charge in [-0.15, -0.1) is 0 Å². The van der Waals surface area contributed by atoms with Gasteiger partial charge < -0.3 is 10.7 Å². The highest BCUT2D eigenvalue weighted by atomic mass is 14.7. The predicted octanol–water partition coefficient (Wildman–Crippen LogP) is 5.54. The van der Waals surface area contributed by atoms with Crippen LogP contribution in [0.1, 0.15) is 36.6 Å². The standard InChI is InChI=1S/C24H27N3/c1-3-17-8-6-10-20-21(9-4-5-15-25)24(27-23(17)20)19-11-7-12-22-18(19)14-13-16(2)26-22/h6-8,10-14,27H,3-5,9,15,25H2,1-2H3. The Balaban J connectivity index is 1.96. The number of aromatic nitrogens is 2. The number of nitrogens with one attached hydrogen (secondary N) is 1. The predicted molar refractivity (Wildman–Crippen MR) is 115 cm³/mol. The van der Waals surface area contributed by atoms with Crippen molar-refractivity contribution in [1.82, 2.24) is 9.97 Å². The molecule has 0 saturated heterocycles. The number of aryl methyl sites for hydroxylation is 3. The van der Waals surface area contributed by atoms with Gasteiger partial charge in [0.05, 0.1) is 11.2 Å². The monoisotopic (exact) mass is 357 g/mol. The lowest BCUT2D eigenvalue weighted by molar-refractivity contribution is 0.748. The van der Waals surface area contributed by atoms with Crippen LogP contribution in [0.4, 0.5) is 0 Å². The molecule has 0 aliphatic heterocycles. The summed E-state index contributed by atoms with van der Waals surface area (Å²) in [6.45, 7) is 5.00. The minimum atomic E-state index is 0.745. The number of aromatic amines is 1. The van der Waals surface area contributed by atoms with E-state index in [0.29, 0.717) is 0 Å². The number of nitrogens with two attached hydrogens (primary N) is 1. The zero-order valence-electron chi connectivity index (χ0n) is 16.2. The fourth-order valence-corrected chi connectivity index (χ4v) is 4.04. The topological polar surface area (TPSA) is 54.7 Å². The van der Waals surface area contributed by atoms with Gasteiger partial charge in [-0.05, 0) is 62.4 Å². The molecule has 0 aliphatic rings. The van der Waals surface area contributed by atoms with Crippen molar-refractivity contribution in [2.45, 2.75) is 39.5 Å². The average molecular weight is 358 g/mol. The summed E-state index contributed by atoms with van der Waals surface area (Å²) in [7, 11) is 0. The van der Waals surface area contributed by atoms with Crippen LogP contribution in [-0.4, -0.2) is 16.5 Å². The fraction of sp³-hybridized carbons (Fsp3) is 0.292. The number of fused-ring (bicyclic) bond motifs is 2. The maximum Gasteiger partial charge on any atom is 0.0711 e. The van der Waals surface area contributed by atoms with E-state index in [1.807, 2.05) is 6.92 Å². The van der Waals surface area contributed by atoms with Gasteiger partial charge in [-0.1, -0.05) is 43.3 Å². The Labute approximate surface area is 160 Å². The van der Waals surface area contributed by atoms with Gasteiger partial charge in [-0.2, -0.15) is 0 Å². The molecule has 4 rings (SSSR count). The first-order valence-electron chi connectivity index (χ1n) is 9.92. The summed E-state index contributed by atoms with van der Waals surface area (Å²) in [5.74, 6) is 0. The van der Waals surface area contributed by atoms with Crippen molar-refractivity contribution in [1.29, 1.82) is 0 Å². The molecule has 0 saturated carbocycles. The molecule has 3 N–H and O–H groups in total. The number of unbranched alkanes of at least 4 members (excludes halogenated alkanes) is 1. The van der Waals surface area contributed by atoms with Crippen molar-refractivity contribution in [2.75, 3.05) is 6.54 Å². The Morgan fingerprint density at radius 3 is 2.63 bits per heavy atom. The lowest BCUT2D eigenvalue weighted by Crippen LogP contribution is -1.99. The minimum Gasteiger partial charge on any atom is -0.354 e. The number of pyridine rings is 1. The lowest BCUT2D eigenvalue weighted by Gasteiger charge is -2.09. The van der Waals surface area contributed by atoms with Gasteiger partial charge in [0, 0.05) is 27.5 Å². The van der Waals surface area contributed by atoms with E-state index in [1.165, 1.54) is 38.7 Å². The molecule has 2 aromatic heterocycles. The Bertz CT molecular complexity index is 1090. The summed E-state index contributed by atoms with van der Waals surface area (Å²) < 4.78 is 0. The van der Waals surface area contributed by atoms with Crippen LogP contribution >= 0.6 is 0 Å². The molecule has 0 fully saturated rings. The smallest absolute Gasteiger partial charge is 0.0711 e. The maximum atomic E-state index is 5.75. The van der Waals surface area contributed by atoms with E-state index >= 15 is 0 Å². The van der Waals surface area contributed by atoms with Crippen LogP contribution in [0.25, 0.3) is 33.1 Å². The minimum absolute atomic E-state index is 0.745. The van der Waals surface area contributed by atoms with Gasteiger partial charge in [0.15, 0.2) is 0 Å². The zero-order chi connectivity index (χ0) is 18.8. The largest absolute Gasteiger partial charge is 0.354 e. The van der Waals surface area contributed by atoms with Crippen LogP contribution in [0, 0.1) is 6.92 Å². The molecule has 0 atom stereocenters. The number of rotatable bonds is 6. The second-order valence-corrected chi connectivity index (χ2v) is 7.24. The number of hydrogen-bond acceptors (Lipinski definition) is 2. The number of para-hydroxylation sites is 1. The Morgan fingerprint density at radius 2 is 1.81 bits per heavy atom. The average Bonchev–Trinajstić information content (AvgIpc) is 3.06. The molecule has 4 aromatic rings. The third-order valence-corrected chi connectivity index (χ3v) is 5.43. The Kier molecular flexibility index (Phi) is 4.95. The Hall–Kier alpha value is -2.65. The highest BCUT2D eigenvalue weighted by Crippen LogP contribution is 2.36. The molecule has 2 aromatic carbocycles. The molecule has 3 nitrogen and oxygen atoms in total. The van der Waals surface area contributed by atoms with Crippen LogP contribution in [0.15, 0.2) is 48.5 Å². The molecule has 0 amide bonds. The van der Waals surface area contributed by atoms with Crippen LogP contribution in [-0.2, 0) is 12.8 Å². The van der Waals surface area contributed by atoms with Gasteiger partial charge in [-0.25, -0.2) is 0 Å². The van der Waals surface area contributed by atoms with Gasteiger partial charge in [0.2, 0.25) is 0 Å². The van der Waals surface area contributed by atoms with Crippen molar-refractivity contribution >= 4 is 21.8 Å². The van der Waals surface area contributed by atoms with Crippen molar-refractivity contribution in [3.8, 4) is 11.3 Å². The van der Waals surface area contributed by atoms with E-state index in [-0.39, 0.29) is 0 Å². The number of hydrogen-bond donors (Lipinski definition) is 2. The molecule has 2 heterocycles. The van der Waals surface area contributed by atoms with E-state index in [1.54, 1.807) is 0 Å². The van der Waals surface area contributed by atoms with Crippen LogP contribution < -0.4 is 5.73 Å². The van der Waals surface area contributed by atoms with E-state index in [4.69, 9.17) is 10.7 Å². The third-order valence-electron chi connectivity index (χ3n) is 5.43. The normalized spacial score (nSPS) is 11.5. The second kappa shape index (κ2) is 7.53. The summed E-state index contributed by atoms with van der Waals surface area (Å²) in [6, 6.07) is 17.4. The lowest BCUT2D eigenvalue weighted by atomic mass is 9.97. The summed E-state index contributed by atoms with van der Waals surface area (Å²) in [5, 5.41) is 2.55. The maximum absolute atomic E-state index is 5.75. The molecule has 0 bridgehead atoms. The molecular formula is C24H27N3. The van der Waals surface area contributed by atoms with Crippen LogP contribution in [0.5, 0.6) is 0 Å². The van der Waals surface area contributed by atoms with Crippen molar-refractivity contribution in [3.05, 3.63) is 65.4 Å². The van der Waals surface area contributed by atoms with Crippen molar-refractivity contribution < 1.29 is 0 Å². The number of nitrogens with zero attached hydrogens (tertiary/aromatic N) is 1. The third kappa shape index (κ3) is 3.24. The molecule has 138 valence electrons. The van der Waals surface area contributed by atoms with Crippen molar-refractivity contribution in [3.63, 3.8) is 0 Å². The molecule has 0 aliphatic carbocycles. The van der Waals surface area contributed by atoms with Gasteiger partial charge in [-0.3, -0.25) is 4.98 Å². The summed E-state index contributed by atoms with van der Waals surface area (Å²) >= 11 is 0. The second-order valence-electron chi connectivity index (χ2n) is 7.24. The molecule has 0 radical (unpaired) electrons.